The first-order valence-electron chi connectivity index (χ1n) is 7.49. The Labute approximate surface area is 125 Å². The van der Waals surface area contributed by atoms with Crippen LogP contribution >= 0.6 is 0 Å². The molecule has 2 rings (SSSR count). The van der Waals surface area contributed by atoms with Crippen LogP contribution in [0.3, 0.4) is 0 Å². The van der Waals surface area contributed by atoms with Gasteiger partial charge in [-0.05, 0) is 24.6 Å². The molecule has 2 aromatic rings. The molecule has 0 aliphatic rings. The van der Waals surface area contributed by atoms with Crippen molar-refractivity contribution in [3.8, 4) is 11.8 Å². The molecule has 0 unspecified atom stereocenters. The van der Waals surface area contributed by atoms with E-state index in [0.29, 0.717) is 5.58 Å². The fourth-order valence-corrected chi connectivity index (χ4v) is 2.28. The molecule has 0 bridgehead atoms. The van der Waals surface area contributed by atoms with Crippen molar-refractivity contribution in [2.45, 2.75) is 39.0 Å². The number of benzene rings is 1. The second kappa shape index (κ2) is 7.54. The van der Waals surface area contributed by atoms with Crippen LogP contribution in [0.1, 0.15) is 44.6 Å². The molecule has 1 N–H and O–H groups in total. The van der Waals surface area contributed by atoms with Crippen molar-refractivity contribution in [1.82, 2.24) is 0 Å². The Kier molecular flexibility index (Phi) is 5.45. The second-order valence-corrected chi connectivity index (χ2v) is 5.02. The SMILES string of the molecule is CCCCCCC#Cc1c(NC)ccc2oc(=O)ccc12. The van der Waals surface area contributed by atoms with Gasteiger partial charge in [0, 0.05) is 24.9 Å². The highest BCUT2D eigenvalue weighted by Crippen LogP contribution is 2.24. The van der Waals surface area contributed by atoms with Crippen molar-refractivity contribution in [1.29, 1.82) is 0 Å². The van der Waals surface area contributed by atoms with E-state index in [1.165, 1.54) is 25.3 Å². The summed E-state index contributed by atoms with van der Waals surface area (Å²) in [4.78, 5) is 11.3. The summed E-state index contributed by atoms with van der Waals surface area (Å²) in [5.41, 5.74) is 2.10. The highest BCUT2D eigenvalue weighted by Gasteiger charge is 2.06. The number of hydrogen-bond acceptors (Lipinski definition) is 3. The average Bonchev–Trinajstić information content (AvgIpc) is 2.50. The van der Waals surface area contributed by atoms with Crippen molar-refractivity contribution in [2.75, 3.05) is 12.4 Å². The molecule has 0 saturated carbocycles. The van der Waals surface area contributed by atoms with Crippen molar-refractivity contribution in [3.05, 3.63) is 40.2 Å². The largest absolute Gasteiger partial charge is 0.423 e. The Morgan fingerprint density at radius 2 is 2.00 bits per heavy atom. The van der Waals surface area contributed by atoms with Gasteiger partial charge in [-0.2, -0.15) is 0 Å². The van der Waals surface area contributed by atoms with Gasteiger partial charge in [0.05, 0.1) is 11.3 Å². The Morgan fingerprint density at radius 3 is 2.76 bits per heavy atom. The maximum Gasteiger partial charge on any atom is 0.336 e. The van der Waals surface area contributed by atoms with Crippen LogP contribution in [0.25, 0.3) is 11.0 Å². The number of unbranched alkanes of at least 4 members (excludes halogenated alkanes) is 4. The first-order valence-corrected chi connectivity index (χ1v) is 7.49. The minimum absolute atomic E-state index is 0.335. The molecule has 0 fully saturated rings. The van der Waals surface area contributed by atoms with Crippen LogP contribution in [0.2, 0.25) is 0 Å². The maximum absolute atomic E-state index is 11.3. The van der Waals surface area contributed by atoms with E-state index in [0.717, 1.165) is 29.5 Å². The van der Waals surface area contributed by atoms with Crippen molar-refractivity contribution >= 4 is 16.7 Å². The van der Waals surface area contributed by atoms with E-state index < -0.39 is 0 Å². The predicted molar refractivity (Wildman–Crippen MR) is 87.7 cm³/mol. The molecular formula is C18H21NO2. The summed E-state index contributed by atoms with van der Waals surface area (Å²) in [5.74, 6) is 6.46. The third-order valence-electron chi connectivity index (χ3n) is 3.44. The normalized spacial score (nSPS) is 10.2. The predicted octanol–water partition coefficient (Wildman–Crippen LogP) is 4.16. The van der Waals surface area contributed by atoms with Gasteiger partial charge in [-0.3, -0.25) is 0 Å². The minimum Gasteiger partial charge on any atom is -0.423 e. The molecular weight excluding hydrogens is 262 g/mol. The van der Waals surface area contributed by atoms with Gasteiger partial charge < -0.3 is 9.73 Å². The summed E-state index contributed by atoms with van der Waals surface area (Å²) >= 11 is 0. The number of fused-ring (bicyclic) bond motifs is 1. The van der Waals surface area contributed by atoms with Crippen LogP contribution in [0, 0.1) is 11.8 Å². The zero-order chi connectivity index (χ0) is 15.1. The lowest BCUT2D eigenvalue weighted by Crippen LogP contribution is -1.98. The molecule has 3 heteroatoms. The summed E-state index contributed by atoms with van der Waals surface area (Å²) in [6, 6.07) is 6.92. The molecule has 3 nitrogen and oxygen atoms in total. The first kappa shape index (κ1) is 15.2. The lowest BCUT2D eigenvalue weighted by atomic mass is 10.1. The Morgan fingerprint density at radius 1 is 1.14 bits per heavy atom. The van der Waals surface area contributed by atoms with Gasteiger partial charge >= 0.3 is 5.63 Å². The van der Waals surface area contributed by atoms with E-state index in [-0.39, 0.29) is 5.63 Å². The van der Waals surface area contributed by atoms with E-state index >= 15 is 0 Å². The fraction of sp³-hybridized carbons (Fsp3) is 0.389. The molecule has 110 valence electrons. The molecule has 0 amide bonds. The number of anilines is 1. The molecule has 21 heavy (non-hydrogen) atoms. The quantitative estimate of drug-likeness (QED) is 0.509. The maximum atomic E-state index is 11.3. The van der Waals surface area contributed by atoms with Gasteiger partial charge in [-0.25, -0.2) is 4.79 Å². The van der Waals surface area contributed by atoms with Gasteiger partial charge in [0.1, 0.15) is 5.58 Å². The fourth-order valence-electron chi connectivity index (χ4n) is 2.28. The van der Waals surface area contributed by atoms with E-state index in [2.05, 4.69) is 24.1 Å². The highest BCUT2D eigenvalue weighted by molar-refractivity contribution is 5.89. The van der Waals surface area contributed by atoms with E-state index in [1.54, 1.807) is 12.1 Å². The van der Waals surface area contributed by atoms with Gasteiger partial charge in [0.25, 0.3) is 0 Å². The number of hydrogen-bond donors (Lipinski definition) is 1. The minimum atomic E-state index is -0.335. The number of nitrogens with one attached hydrogen (secondary N) is 1. The molecule has 1 heterocycles. The lowest BCUT2D eigenvalue weighted by molar-refractivity contribution is 0.561. The summed E-state index contributed by atoms with van der Waals surface area (Å²) in [5, 5.41) is 4.02. The molecule has 0 aliphatic heterocycles. The summed E-state index contributed by atoms with van der Waals surface area (Å²) in [6.07, 6.45) is 5.77. The van der Waals surface area contributed by atoms with Gasteiger partial charge in [-0.15, -0.1) is 0 Å². The van der Waals surface area contributed by atoms with Crippen molar-refractivity contribution in [2.24, 2.45) is 0 Å². The van der Waals surface area contributed by atoms with Crippen LogP contribution in [-0.2, 0) is 0 Å². The smallest absolute Gasteiger partial charge is 0.336 e. The monoisotopic (exact) mass is 283 g/mol. The standard InChI is InChI=1S/C18H21NO2/c1-3-4-5-6-7-8-9-14-15-10-13-18(20)21-17(15)12-11-16(14)19-2/h10-13,19H,3-7H2,1-2H3. The average molecular weight is 283 g/mol. The third-order valence-corrected chi connectivity index (χ3v) is 3.44. The number of rotatable bonds is 5. The molecule has 0 aliphatic carbocycles. The van der Waals surface area contributed by atoms with Crippen LogP contribution in [0.15, 0.2) is 33.5 Å². The summed E-state index contributed by atoms with van der Waals surface area (Å²) < 4.78 is 5.21. The molecule has 1 aromatic carbocycles. The van der Waals surface area contributed by atoms with Crippen LogP contribution in [-0.4, -0.2) is 7.05 Å². The Balaban J connectivity index is 2.28. The lowest BCUT2D eigenvalue weighted by Gasteiger charge is -2.06. The second-order valence-electron chi connectivity index (χ2n) is 5.02. The third kappa shape index (κ3) is 3.88. The summed E-state index contributed by atoms with van der Waals surface area (Å²) in [6.45, 7) is 2.20. The van der Waals surface area contributed by atoms with Crippen LogP contribution in [0.5, 0.6) is 0 Å². The molecule has 1 aromatic heterocycles. The summed E-state index contributed by atoms with van der Waals surface area (Å²) in [7, 11) is 1.87. The van der Waals surface area contributed by atoms with Crippen molar-refractivity contribution in [3.63, 3.8) is 0 Å². The molecule has 0 saturated heterocycles. The van der Waals surface area contributed by atoms with E-state index in [4.69, 9.17) is 4.42 Å². The zero-order valence-corrected chi connectivity index (χ0v) is 12.7. The Hall–Kier alpha value is -2.21. The van der Waals surface area contributed by atoms with E-state index in [1.807, 2.05) is 13.1 Å². The zero-order valence-electron chi connectivity index (χ0n) is 12.7. The van der Waals surface area contributed by atoms with Gasteiger partial charge in [0.2, 0.25) is 0 Å². The van der Waals surface area contributed by atoms with Crippen LogP contribution < -0.4 is 10.9 Å². The Bertz CT molecular complexity index is 719. The molecule has 0 spiro atoms. The first-order chi connectivity index (χ1) is 10.3. The topological polar surface area (TPSA) is 42.2 Å². The van der Waals surface area contributed by atoms with Crippen LogP contribution in [0.4, 0.5) is 5.69 Å². The van der Waals surface area contributed by atoms with E-state index in [9.17, 15) is 4.79 Å². The van der Waals surface area contributed by atoms with Gasteiger partial charge in [-0.1, -0.05) is 38.0 Å². The molecule has 0 radical (unpaired) electrons. The van der Waals surface area contributed by atoms with Crippen molar-refractivity contribution < 1.29 is 4.42 Å². The molecule has 0 atom stereocenters. The highest BCUT2D eigenvalue weighted by atomic mass is 16.4. The van der Waals surface area contributed by atoms with Gasteiger partial charge in [0.15, 0.2) is 0 Å².